The van der Waals surface area contributed by atoms with Gasteiger partial charge in [0.1, 0.15) is 11.6 Å². The molecule has 1 aliphatic rings. The summed E-state index contributed by atoms with van der Waals surface area (Å²) >= 11 is 0. The van der Waals surface area contributed by atoms with E-state index < -0.39 is 0 Å². The van der Waals surface area contributed by atoms with E-state index in [0.29, 0.717) is 11.8 Å². The van der Waals surface area contributed by atoms with Gasteiger partial charge in [0.2, 0.25) is 5.95 Å². The Bertz CT molecular complexity index is 928. The highest BCUT2D eigenvalue weighted by molar-refractivity contribution is 5.74. The Balaban J connectivity index is 1.52. The predicted octanol–water partition coefficient (Wildman–Crippen LogP) is 3.81. The van der Waals surface area contributed by atoms with Crippen molar-refractivity contribution in [2.24, 2.45) is 0 Å². The van der Waals surface area contributed by atoms with Gasteiger partial charge in [-0.25, -0.2) is 4.98 Å². The molecule has 3 aromatic rings. The fourth-order valence-electron chi connectivity index (χ4n) is 3.12. The van der Waals surface area contributed by atoms with Gasteiger partial charge in [0.25, 0.3) is 0 Å². The standard InChI is InChI=1S/C21H23N5O2/c1-27-17-6-4-5-16(15-17)23-20-9-10-22-21(25-20)24-18-7-2-3-8-19(18)26-11-13-28-14-12-26/h2-10,15H,11-14H2,1H3,(H2,22,23,24,25). The minimum atomic E-state index is 0.536. The lowest BCUT2D eigenvalue weighted by molar-refractivity contribution is 0.123. The number of morpholine rings is 1. The van der Waals surface area contributed by atoms with Crippen LogP contribution in [0.25, 0.3) is 0 Å². The molecule has 0 amide bonds. The second kappa shape index (κ2) is 8.58. The minimum absolute atomic E-state index is 0.536. The average Bonchev–Trinajstić information content (AvgIpc) is 2.75. The zero-order valence-electron chi connectivity index (χ0n) is 15.8. The maximum Gasteiger partial charge on any atom is 0.229 e. The smallest absolute Gasteiger partial charge is 0.229 e. The van der Waals surface area contributed by atoms with E-state index in [1.165, 1.54) is 0 Å². The summed E-state index contributed by atoms with van der Waals surface area (Å²) in [4.78, 5) is 11.3. The summed E-state index contributed by atoms with van der Waals surface area (Å²) in [5.74, 6) is 2.03. The lowest BCUT2D eigenvalue weighted by atomic mass is 10.2. The van der Waals surface area contributed by atoms with Crippen molar-refractivity contribution in [3.05, 3.63) is 60.8 Å². The molecule has 7 nitrogen and oxygen atoms in total. The topological polar surface area (TPSA) is 71.5 Å². The van der Waals surface area contributed by atoms with Gasteiger partial charge >= 0.3 is 0 Å². The number of para-hydroxylation sites is 2. The van der Waals surface area contributed by atoms with Gasteiger partial charge in [0, 0.05) is 31.0 Å². The molecule has 2 aromatic carbocycles. The van der Waals surface area contributed by atoms with Crippen LogP contribution in [-0.4, -0.2) is 43.4 Å². The van der Waals surface area contributed by atoms with Crippen LogP contribution in [0.2, 0.25) is 0 Å². The molecule has 0 saturated carbocycles. The van der Waals surface area contributed by atoms with Crippen molar-refractivity contribution in [3.63, 3.8) is 0 Å². The van der Waals surface area contributed by atoms with E-state index >= 15 is 0 Å². The molecule has 1 fully saturated rings. The zero-order valence-corrected chi connectivity index (χ0v) is 15.8. The van der Waals surface area contributed by atoms with Crippen LogP contribution >= 0.6 is 0 Å². The molecule has 0 aliphatic carbocycles. The molecule has 0 spiro atoms. The fraction of sp³-hybridized carbons (Fsp3) is 0.238. The van der Waals surface area contributed by atoms with Crippen molar-refractivity contribution in [3.8, 4) is 5.75 Å². The first-order valence-electron chi connectivity index (χ1n) is 9.25. The van der Waals surface area contributed by atoms with Gasteiger partial charge in [-0.15, -0.1) is 0 Å². The van der Waals surface area contributed by atoms with Crippen molar-refractivity contribution >= 4 is 28.8 Å². The number of nitrogens with zero attached hydrogens (tertiary/aromatic N) is 3. The van der Waals surface area contributed by atoms with Crippen LogP contribution in [0.1, 0.15) is 0 Å². The van der Waals surface area contributed by atoms with Crippen LogP contribution in [0.4, 0.5) is 28.8 Å². The third-order valence-corrected chi connectivity index (χ3v) is 4.50. The Morgan fingerprint density at radius 1 is 1.00 bits per heavy atom. The fourth-order valence-corrected chi connectivity index (χ4v) is 3.12. The number of benzene rings is 2. The number of hydrogen-bond donors (Lipinski definition) is 2. The summed E-state index contributed by atoms with van der Waals surface area (Å²) in [5.41, 5.74) is 3.00. The number of nitrogens with one attached hydrogen (secondary N) is 2. The molecule has 0 atom stereocenters. The molecular formula is C21H23N5O2. The number of methoxy groups -OCH3 is 1. The second-order valence-corrected chi connectivity index (χ2v) is 6.36. The molecule has 0 unspecified atom stereocenters. The SMILES string of the molecule is COc1cccc(Nc2ccnc(Nc3ccccc3N3CCOCC3)n2)c1. The molecule has 2 N–H and O–H groups in total. The zero-order chi connectivity index (χ0) is 19.2. The van der Waals surface area contributed by atoms with E-state index in [2.05, 4.69) is 31.6 Å². The van der Waals surface area contributed by atoms with E-state index in [-0.39, 0.29) is 0 Å². The number of anilines is 5. The average molecular weight is 377 g/mol. The van der Waals surface area contributed by atoms with E-state index in [9.17, 15) is 0 Å². The quantitative estimate of drug-likeness (QED) is 0.677. The van der Waals surface area contributed by atoms with Gasteiger partial charge in [-0.1, -0.05) is 18.2 Å². The summed E-state index contributed by atoms with van der Waals surface area (Å²) < 4.78 is 10.7. The number of hydrogen-bond acceptors (Lipinski definition) is 7. The molecule has 4 rings (SSSR count). The molecule has 0 bridgehead atoms. The first-order chi connectivity index (χ1) is 13.8. The van der Waals surface area contributed by atoms with Gasteiger partial charge in [-0.3, -0.25) is 0 Å². The van der Waals surface area contributed by atoms with Crippen molar-refractivity contribution in [2.45, 2.75) is 0 Å². The Hall–Kier alpha value is -3.32. The summed E-state index contributed by atoms with van der Waals surface area (Å²) in [5, 5.41) is 6.63. The third-order valence-electron chi connectivity index (χ3n) is 4.50. The largest absolute Gasteiger partial charge is 0.497 e. The summed E-state index contributed by atoms with van der Waals surface area (Å²) in [6.07, 6.45) is 1.73. The molecule has 7 heteroatoms. The van der Waals surface area contributed by atoms with E-state index in [1.807, 2.05) is 48.5 Å². The van der Waals surface area contributed by atoms with Crippen LogP contribution in [0.3, 0.4) is 0 Å². The molecule has 1 aliphatic heterocycles. The summed E-state index contributed by atoms with van der Waals surface area (Å²) in [6, 6.07) is 17.7. The van der Waals surface area contributed by atoms with Crippen molar-refractivity contribution in [2.75, 3.05) is 48.9 Å². The first-order valence-corrected chi connectivity index (χ1v) is 9.25. The van der Waals surface area contributed by atoms with Gasteiger partial charge in [0.15, 0.2) is 0 Å². The van der Waals surface area contributed by atoms with Crippen LogP contribution in [0.5, 0.6) is 5.75 Å². The number of aromatic nitrogens is 2. The highest BCUT2D eigenvalue weighted by Crippen LogP contribution is 2.28. The highest BCUT2D eigenvalue weighted by atomic mass is 16.5. The van der Waals surface area contributed by atoms with Gasteiger partial charge in [0.05, 0.1) is 31.7 Å². The van der Waals surface area contributed by atoms with E-state index in [4.69, 9.17) is 9.47 Å². The maximum absolute atomic E-state index is 5.46. The normalized spacial score (nSPS) is 13.8. The monoisotopic (exact) mass is 377 g/mol. The molecular weight excluding hydrogens is 354 g/mol. The Morgan fingerprint density at radius 2 is 1.86 bits per heavy atom. The van der Waals surface area contributed by atoms with Gasteiger partial charge < -0.3 is 25.0 Å². The summed E-state index contributed by atoms with van der Waals surface area (Å²) in [6.45, 7) is 3.23. The molecule has 144 valence electrons. The van der Waals surface area contributed by atoms with Crippen LogP contribution in [-0.2, 0) is 4.74 Å². The second-order valence-electron chi connectivity index (χ2n) is 6.36. The van der Waals surface area contributed by atoms with E-state index in [0.717, 1.165) is 49.1 Å². The summed E-state index contributed by atoms with van der Waals surface area (Å²) in [7, 11) is 1.65. The van der Waals surface area contributed by atoms with Crippen molar-refractivity contribution in [1.29, 1.82) is 0 Å². The number of ether oxygens (including phenoxy) is 2. The van der Waals surface area contributed by atoms with Crippen LogP contribution in [0.15, 0.2) is 60.8 Å². The predicted molar refractivity (Wildman–Crippen MR) is 111 cm³/mol. The third kappa shape index (κ3) is 4.32. The lowest BCUT2D eigenvalue weighted by Crippen LogP contribution is -2.36. The lowest BCUT2D eigenvalue weighted by Gasteiger charge is -2.30. The van der Waals surface area contributed by atoms with Crippen molar-refractivity contribution < 1.29 is 9.47 Å². The van der Waals surface area contributed by atoms with Crippen molar-refractivity contribution in [1.82, 2.24) is 9.97 Å². The molecule has 0 radical (unpaired) electrons. The molecule has 1 saturated heterocycles. The molecule has 1 aromatic heterocycles. The van der Waals surface area contributed by atoms with Crippen LogP contribution in [0, 0.1) is 0 Å². The van der Waals surface area contributed by atoms with Gasteiger partial charge in [-0.2, -0.15) is 4.98 Å². The van der Waals surface area contributed by atoms with Gasteiger partial charge in [-0.05, 0) is 30.3 Å². The molecule has 28 heavy (non-hydrogen) atoms. The van der Waals surface area contributed by atoms with Crippen LogP contribution < -0.4 is 20.3 Å². The Morgan fingerprint density at radius 3 is 2.71 bits per heavy atom. The maximum atomic E-state index is 5.46. The molecule has 2 heterocycles. The minimum Gasteiger partial charge on any atom is -0.497 e. The Labute approximate surface area is 164 Å². The highest BCUT2D eigenvalue weighted by Gasteiger charge is 2.15. The van der Waals surface area contributed by atoms with E-state index in [1.54, 1.807) is 13.3 Å². The first kappa shape index (κ1) is 18.1. The Kier molecular flexibility index (Phi) is 5.53. The number of rotatable bonds is 6.